The van der Waals surface area contributed by atoms with Crippen LogP contribution in [0.15, 0.2) is 12.2 Å². The molecule has 0 saturated carbocycles. The van der Waals surface area contributed by atoms with Crippen molar-refractivity contribution in [3.05, 3.63) is 12.2 Å². The largest absolute Gasteiger partial charge is 0.342 e. The minimum atomic E-state index is -0.121. The third kappa shape index (κ3) is 4.08. The quantitative estimate of drug-likeness (QED) is 0.663. The van der Waals surface area contributed by atoms with Crippen LogP contribution in [0, 0.1) is 5.92 Å². The summed E-state index contributed by atoms with van der Waals surface area (Å²) in [6, 6.07) is -0.0972. The molecule has 0 aliphatic rings. The summed E-state index contributed by atoms with van der Waals surface area (Å²) in [5.74, 6) is -0.0395. The van der Waals surface area contributed by atoms with Crippen LogP contribution in [0.2, 0.25) is 0 Å². The van der Waals surface area contributed by atoms with Gasteiger partial charge < -0.3 is 10.6 Å². The topological polar surface area (TPSA) is 46.3 Å². The second kappa shape index (κ2) is 5.02. The molecule has 76 valence electrons. The normalized spacial score (nSPS) is 14.8. The molecule has 0 saturated heterocycles. The molecular weight excluding hydrogens is 164 g/mol. The predicted octanol–water partition coefficient (Wildman–Crippen LogP) is 1.00. The van der Waals surface area contributed by atoms with Crippen LogP contribution in [0.1, 0.15) is 20.8 Å². The molecule has 0 spiro atoms. The van der Waals surface area contributed by atoms with Gasteiger partial charge in [-0.25, -0.2) is 0 Å². The van der Waals surface area contributed by atoms with E-state index in [1.807, 2.05) is 20.8 Å². The van der Waals surface area contributed by atoms with E-state index >= 15 is 0 Å². The lowest BCUT2D eigenvalue weighted by Gasteiger charge is -2.23. The summed E-state index contributed by atoms with van der Waals surface area (Å²) in [6.07, 6.45) is 0. The van der Waals surface area contributed by atoms with Gasteiger partial charge in [0, 0.05) is 19.6 Å². The third-order valence-corrected chi connectivity index (χ3v) is 2.06. The fourth-order valence-corrected chi connectivity index (χ4v) is 1.06. The molecule has 2 atom stereocenters. The lowest BCUT2D eigenvalue weighted by molar-refractivity contribution is -0.133. The van der Waals surface area contributed by atoms with Gasteiger partial charge in [0.15, 0.2) is 0 Å². The maximum Gasteiger partial charge on any atom is 0.226 e. The number of nitrogens with zero attached hydrogens (tertiary/aromatic N) is 1. The van der Waals surface area contributed by atoms with E-state index in [-0.39, 0.29) is 17.9 Å². The molecule has 0 radical (unpaired) electrons. The number of nitrogens with two attached hydrogens (primary N) is 1. The minimum absolute atomic E-state index is 0.0815. The number of hydrogen-bond acceptors (Lipinski definition) is 2. The van der Waals surface area contributed by atoms with E-state index in [0.29, 0.717) is 6.54 Å². The van der Waals surface area contributed by atoms with Gasteiger partial charge in [-0.2, -0.15) is 0 Å². The molecule has 0 rings (SSSR count). The number of likely N-dealkylation sites (N-methyl/N-ethyl adjacent to an activating group) is 1. The van der Waals surface area contributed by atoms with Gasteiger partial charge in [0.1, 0.15) is 0 Å². The molecule has 0 aliphatic carbocycles. The van der Waals surface area contributed by atoms with Crippen molar-refractivity contribution in [1.29, 1.82) is 0 Å². The SMILES string of the molecule is C=C(C)CN(C)C(=O)C(C)C(C)N. The van der Waals surface area contributed by atoms with Gasteiger partial charge in [-0.3, -0.25) is 4.79 Å². The van der Waals surface area contributed by atoms with Gasteiger partial charge >= 0.3 is 0 Å². The van der Waals surface area contributed by atoms with Crippen LogP contribution < -0.4 is 5.73 Å². The summed E-state index contributed by atoms with van der Waals surface area (Å²) in [6.45, 7) is 9.96. The zero-order chi connectivity index (χ0) is 10.6. The lowest BCUT2D eigenvalue weighted by Crippen LogP contribution is -2.40. The van der Waals surface area contributed by atoms with Gasteiger partial charge in [-0.15, -0.1) is 0 Å². The number of hydrogen-bond donors (Lipinski definition) is 1. The molecule has 0 aliphatic heterocycles. The molecule has 1 amide bonds. The van der Waals surface area contributed by atoms with Gasteiger partial charge in [-0.1, -0.05) is 19.1 Å². The second-order valence-electron chi connectivity index (χ2n) is 3.80. The van der Waals surface area contributed by atoms with Crippen molar-refractivity contribution in [3.63, 3.8) is 0 Å². The Morgan fingerprint density at radius 3 is 2.31 bits per heavy atom. The summed E-state index contributed by atoms with van der Waals surface area (Å²) in [5.41, 5.74) is 6.61. The fraction of sp³-hybridized carbons (Fsp3) is 0.700. The van der Waals surface area contributed by atoms with Gasteiger partial charge in [0.2, 0.25) is 5.91 Å². The van der Waals surface area contributed by atoms with Crippen molar-refractivity contribution in [2.45, 2.75) is 26.8 Å². The Morgan fingerprint density at radius 1 is 1.54 bits per heavy atom. The average Bonchev–Trinajstić information content (AvgIpc) is 2.00. The van der Waals surface area contributed by atoms with Crippen LogP contribution in [0.3, 0.4) is 0 Å². The van der Waals surface area contributed by atoms with E-state index in [1.54, 1.807) is 11.9 Å². The highest BCUT2D eigenvalue weighted by Crippen LogP contribution is 2.05. The molecule has 0 fully saturated rings. The van der Waals surface area contributed by atoms with Crippen molar-refractivity contribution in [2.75, 3.05) is 13.6 Å². The van der Waals surface area contributed by atoms with E-state index in [0.717, 1.165) is 5.57 Å². The standard InChI is InChI=1S/C10H20N2O/c1-7(2)6-12(5)10(13)8(3)9(4)11/h8-9H,1,6,11H2,2-5H3. The highest BCUT2D eigenvalue weighted by Gasteiger charge is 2.20. The molecule has 0 aromatic rings. The maximum atomic E-state index is 11.6. The minimum Gasteiger partial charge on any atom is -0.342 e. The van der Waals surface area contributed by atoms with Crippen LogP contribution in [-0.2, 0) is 4.79 Å². The predicted molar refractivity (Wildman–Crippen MR) is 55.3 cm³/mol. The number of amides is 1. The van der Waals surface area contributed by atoms with Crippen molar-refractivity contribution in [3.8, 4) is 0 Å². The Balaban J connectivity index is 4.17. The van der Waals surface area contributed by atoms with E-state index in [9.17, 15) is 4.79 Å². The van der Waals surface area contributed by atoms with Gasteiger partial charge in [0.25, 0.3) is 0 Å². The fourth-order valence-electron chi connectivity index (χ4n) is 1.06. The summed E-state index contributed by atoms with van der Waals surface area (Å²) in [4.78, 5) is 13.3. The van der Waals surface area contributed by atoms with Gasteiger partial charge in [-0.05, 0) is 13.8 Å². The van der Waals surface area contributed by atoms with Crippen LogP contribution in [0.25, 0.3) is 0 Å². The van der Waals surface area contributed by atoms with Crippen LogP contribution in [0.4, 0.5) is 0 Å². The number of rotatable bonds is 4. The van der Waals surface area contributed by atoms with Crippen molar-refractivity contribution in [2.24, 2.45) is 11.7 Å². The smallest absolute Gasteiger partial charge is 0.226 e. The monoisotopic (exact) mass is 184 g/mol. The van der Waals surface area contributed by atoms with E-state index in [4.69, 9.17) is 5.73 Å². The highest BCUT2D eigenvalue weighted by molar-refractivity contribution is 5.79. The van der Waals surface area contributed by atoms with Crippen LogP contribution >= 0.6 is 0 Å². The lowest BCUT2D eigenvalue weighted by atomic mass is 10.0. The first-order valence-corrected chi connectivity index (χ1v) is 4.51. The van der Waals surface area contributed by atoms with Crippen molar-refractivity contribution in [1.82, 2.24) is 4.90 Å². The molecule has 2 N–H and O–H groups in total. The molecule has 0 aromatic carbocycles. The summed E-state index contributed by atoms with van der Waals surface area (Å²) < 4.78 is 0. The highest BCUT2D eigenvalue weighted by atomic mass is 16.2. The molecule has 0 heterocycles. The van der Waals surface area contributed by atoms with Crippen LogP contribution in [0.5, 0.6) is 0 Å². The Morgan fingerprint density at radius 2 is 2.00 bits per heavy atom. The number of carbonyl (C=O) groups is 1. The molecule has 0 bridgehead atoms. The summed E-state index contributed by atoms with van der Waals surface area (Å²) in [5, 5.41) is 0. The Hall–Kier alpha value is -0.830. The molecule has 0 aromatic heterocycles. The van der Waals surface area contributed by atoms with Crippen LogP contribution in [-0.4, -0.2) is 30.4 Å². The summed E-state index contributed by atoms with van der Waals surface area (Å²) in [7, 11) is 1.77. The zero-order valence-electron chi connectivity index (χ0n) is 9.00. The Kier molecular flexibility index (Phi) is 4.70. The van der Waals surface area contributed by atoms with E-state index in [2.05, 4.69) is 6.58 Å². The molecule has 3 nitrogen and oxygen atoms in total. The number of carbonyl (C=O) groups excluding carboxylic acids is 1. The van der Waals surface area contributed by atoms with Crippen molar-refractivity contribution >= 4 is 5.91 Å². The first-order chi connectivity index (χ1) is 5.86. The van der Waals surface area contributed by atoms with Gasteiger partial charge in [0.05, 0.1) is 5.92 Å². The molecule has 13 heavy (non-hydrogen) atoms. The molecular formula is C10H20N2O. The first-order valence-electron chi connectivity index (χ1n) is 4.51. The average molecular weight is 184 g/mol. The third-order valence-electron chi connectivity index (χ3n) is 2.06. The second-order valence-corrected chi connectivity index (χ2v) is 3.80. The molecule has 3 heteroatoms. The first kappa shape index (κ1) is 12.2. The Labute approximate surface area is 80.6 Å². The van der Waals surface area contributed by atoms with E-state index in [1.165, 1.54) is 0 Å². The summed E-state index contributed by atoms with van der Waals surface area (Å²) >= 11 is 0. The molecule has 2 unspecified atom stereocenters. The Bertz CT molecular complexity index is 199. The zero-order valence-corrected chi connectivity index (χ0v) is 9.00. The van der Waals surface area contributed by atoms with E-state index < -0.39 is 0 Å². The maximum absolute atomic E-state index is 11.6. The van der Waals surface area contributed by atoms with Crippen molar-refractivity contribution < 1.29 is 4.79 Å².